The van der Waals surface area contributed by atoms with E-state index in [4.69, 9.17) is 0 Å². The summed E-state index contributed by atoms with van der Waals surface area (Å²) in [5, 5.41) is 0. The van der Waals surface area contributed by atoms with E-state index >= 15 is 0 Å². The average molecular weight is 204 g/mol. The van der Waals surface area contributed by atoms with E-state index in [9.17, 15) is 4.21 Å². The minimum atomic E-state index is -2.02. The van der Waals surface area contributed by atoms with Crippen molar-refractivity contribution < 1.29 is 4.21 Å². The lowest BCUT2D eigenvalue weighted by atomic mass is 10.3. The predicted molar refractivity (Wildman–Crippen MR) is 57.1 cm³/mol. The van der Waals surface area contributed by atoms with Crippen LogP contribution in [-0.4, -0.2) is 34.4 Å². The molecule has 0 bridgehead atoms. The van der Waals surface area contributed by atoms with E-state index in [-0.39, 0.29) is 0 Å². The van der Waals surface area contributed by atoms with E-state index in [1.807, 2.05) is 4.31 Å². The minimum absolute atomic E-state index is 0.752. The van der Waals surface area contributed by atoms with Crippen LogP contribution in [0.25, 0.3) is 0 Å². The highest BCUT2D eigenvalue weighted by Gasteiger charge is 2.18. The van der Waals surface area contributed by atoms with Gasteiger partial charge in [0.15, 0.2) is 0 Å². The lowest BCUT2D eigenvalue weighted by molar-refractivity contribution is 0.529. The van der Waals surface area contributed by atoms with Crippen LogP contribution >= 0.6 is 0 Å². The SMILES string of the molecule is CCCCN=S(C)(=O)N1CCCC1. The maximum Gasteiger partial charge on any atom is 0.107 e. The molecule has 0 amide bonds. The summed E-state index contributed by atoms with van der Waals surface area (Å²) in [6.07, 6.45) is 6.30. The lowest BCUT2D eigenvalue weighted by Gasteiger charge is -2.16. The molecule has 0 radical (unpaired) electrons. The van der Waals surface area contributed by atoms with Crippen molar-refractivity contribution in [3.8, 4) is 0 Å². The molecule has 4 heteroatoms. The summed E-state index contributed by atoms with van der Waals surface area (Å²) < 4.78 is 18.3. The van der Waals surface area contributed by atoms with Gasteiger partial charge in [-0.2, -0.15) is 0 Å². The van der Waals surface area contributed by atoms with Crippen molar-refractivity contribution >= 4 is 9.92 Å². The van der Waals surface area contributed by atoms with Crippen LogP contribution in [-0.2, 0) is 9.92 Å². The van der Waals surface area contributed by atoms with Crippen molar-refractivity contribution in [1.29, 1.82) is 0 Å². The van der Waals surface area contributed by atoms with Crippen LogP contribution in [0, 0.1) is 0 Å². The third-order valence-electron chi connectivity index (χ3n) is 2.39. The van der Waals surface area contributed by atoms with E-state index in [2.05, 4.69) is 11.3 Å². The zero-order valence-electron chi connectivity index (χ0n) is 8.66. The molecule has 1 unspecified atom stereocenters. The fourth-order valence-corrected chi connectivity index (χ4v) is 3.07. The van der Waals surface area contributed by atoms with E-state index in [1.165, 1.54) is 12.8 Å². The summed E-state index contributed by atoms with van der Waals surface area (Å²) in [5.74, 6) is 0. The van der Waals surface area contributed by atoms with Crippen LogP contribution in [0.2, 0.25) is 0 Å². The first-order valence-electron chi connectivity index (χ1n) is 5.10. The molecule has 1 saturated heterocycles. The van der Waals surface area contributed by atoms with Gasteiger partial charge in [0.25, 0.3) is 0 Å². The standard InChI is InChI=1S/C9H20N2OS/c1-3-4-7-10-13(2,12)11-8-5-6-9-11/h3-9H2,1-2H3. The van der Waals surface area contributed by atoms with E-state index in [0.29, 0.717) is 0 Å². The molecule has 1 fully saturated rings. The molecule has 0 aromatic carbocycles. The Hall–Kier alpha value is -0.0900. The molecule has 0 spiro atoms. The molecule has 1 aliphatic heterocycles. The topological polar surface area (TPSA) is 32.7 Å². The Bertz CT molecular complexity index is 250. The smallest absolute Gasteiger partial charge is 0.107 e. The molecule has 0 aliphatic carbocycles. The van der Waals surface area contributed by atoms with Gasteiger partial charge in [0.1, 0.15) is 9.92 Å². The average Bonchev–Trinajstić information content (AvgIpc) is 2.56. The molecule has 0 aromatic rings. The Balaban J connectivity index is 2.52. The highest BCUT2D eigenvalue weighted by molar-refractivity contribution is 7.90. The zero-order valence-corrected chi connectivity index (χ0v) is 9.48. The van der Waals surface area contributed by atoms with Crippen LogP contribution in [0.4, 0.5) is 0 Å². The summed E-state index contributed by atoms with van der Waals surface area (Å²) in [6.45, 7) is 4.81. The monoisotopic (exact) mass is 204 g/mol. The quantitative estimate of drug-likeness (QED) is 0.644. The molecule has 1 aliphatic rings. The van der Waals surface area contributed by atoms with E-state index < -0.39 is 9.92 Å². The molecular weight excluding hydrogens is 184 g/mol. The van der Waals surface area contributed by atoms with Crippen LogP contribution < -0.4 is 0 Å². The van der Waals surface area contributed by atoms with Gasteiger partial charge in [-0.1, -0.05) is 13.3 Å². The zero-order chi connectivity index (χ0) is 9.73. The summed E-state index contributed by atoms with van der Waals surface area (Å²) in [7, 11) is -2.02. The van der Waals surface area contributed by atoms with Crippen molar-refractivity contribution in [2.45, 2.75) is 32.6 Å². The highest BCUT2D eigenvalue weighted by atomic mass is 32.2. The van der Waals surface area contributed by atoms with Crippen LogP contribution in [0.5, 0.6) is 0 Å². The number of hydrogen-bond acceptors (Lipinski definition) is 2. The number of rotatable bonds is 4. The molecule has 1 rings (SSSR count). The number of hydrogen-bond donors (Lipinski definition) is 0. The predicted octanol–water partition coefficient (Wildman–Crippen LogP) is 1.90. The summed E-state index contributed by atoms with van der Waals surface area (Å²) in [6, 6.07) is 0. The molecule has 13 heavy (non-hydrogen) atoms. The molecule has 0 N–H and O–H groups in total. The molecule has 1 atom stereocenters. The Labute approximate surface area is 81.8 Å². The van der Waals surface area contributed by atoms with Crippen molar-refractivity contribution in [3.63, 3.8) is 0 Å². The van der Waals surface area contributed by atoms with Gasteiger partial charge in [0.2, 0.25) is 0 Å². The first kappa shape index (κ1) is 11.0. The van der Waals surface area contributed by atoms with Crippen molar-refractivity contribution in [2.75, 3.05) is 25.9 Å². The Morgan fingerprint density at radius 1 is 1.38 bits per heavy atom. The van der Waals surface area contributed by atoms with Crippen LogP contribution in [0.1, 0.15) is 32.6 Å². The molecular formula is C9H20N2OS. The van der Waals surface area contributed by atoms with E-state index in [0.717, 1.165) is 32.5 Å². The highest BCUT2D eigenvalue weighted by Crippen LogP contribution is 2.13. The van der Waals surface area contributed by atoms with Gasteiger partial charge < -0.3 is 0 Å². The lowest BCUT2D eigenvalue weighted by Crippen LogP contribution is -2.26. The van der Waals surface area contributed by atoms with Gasteiger partial charge in [-0.3, -0.25) is 0 Å². The summed E-state index contributed by atoms with van der Waals surface area (Å²) in [4.78, 5) is 0. The Morgan fingerprint density at radius 3 is 2.54 bits per heavy atom. The second-order valence-electron chi connectivity index (χ2n) is 3.60. The second kappa shape index (κ2) is 4.96. The second-order valence-corrected chi connectivity index (χ2v) is 5.90. The number of nitrogens with zero attached hydrogens (tertiary/aromatic N) is 2. The van der Waals surface area contributed by atoms with Crippen LogP contribution in [0.3, 0.4) is 0 Å². The molecule has 0 saturated carbocycles. The molecule has 0 aromatic heterocycles. The number of unbranched alkanes of at least 4 members (excludes halogenated alkanes) is 1. The molecule has 3 nitrogen and oxygen atoms in total. The normalized spacial score (nSPS) is 22.9. The van der Waals surface area contributed by atoms with E-state index in [1.54, 1.807) is 6.26 Å². The molecule has 78 valence electrons. The first-order valence-corrected chi connectivity index (χ1v) is 6.98. The Morgan fingerprint density at radius 2 is 2.00 bits per heavy atom. The first-order chi connectivity index (χ1) is 6.17. The third kappa shape index (κ3) is 3.27. The Kier molecular flexibility index (Phi) is 4.19. The van der Waals surface area contributed by atoms with Gasteiger partial charge in [-0.05, 0) is 19.3 Å². The van der Waals surface area contributed by atoms with Crippen molar-refractivity contribution in [1.82, 2.24) is 4.31 Å². The van der Waals surface area contributed by atoms with Gasteiger partial charge in [-0.25, -0.2) is 12.9 Å². The van der Waals surface area contributed by atoms with Crippen LogP contribution in [0.15, 0.2) is 4.36 Å². The maximum absolute atomic E-state index is 12.0. The summed E-state index contributed by atoms with van der Waals surface area (Å²) >= 11 is 0. The maximum atomic E-state index is 12.0. The summed E-state index contributed by atoms with van der Waals surface area (Å²) in [5.41, 5.74) is 0. The molecule has 1 heterocycles. The third-order valence-corrected chi connectivity index (χ3v) is 4.37. The van der Waals surface area contributed by atoms with Crippen molar-refractivity contribution in [3.05, 3.63) is 0 Å². The largest absolute Gasteiger partial charge is 0.234 e. The van der Waals surface area contributed by atoms with Gasteiger partial charge in [0, 0.05) is 25.9 Å². The van der Waals surface area contributed by atoms with Gasteiger partial charge in [-0.15, -0.1) is 0 Å². The fraction of sp³-hybridized carbons (Fsp3) is 1.00. The minimum Gasteiger partial charge on any atom is -0.234 e. The fourth-order valence-electron chi connectivity index (χ4n) is 1.50. The van der Waals surface area contributed by atoms with Gasteiger partial charge in [0.05, 0.1) is 0 Å². The van der Waals surface area contributed by atoms with Crippen molar-refractivity contribution in [2.24, 2.45) is 4.36 Å². The van der Waals surface area contributed by atoms with Gasteiger partial charge >= 0.3 is 0 Å².